The highest BCUT2D eigenvalue weighted by atomic mass is 19.1. The summed E-state index contributed by atoms with van der Waals surface area (Å²) in [5, 5.41) is 12.5. The first-order valence-electron chi connectivity index (χ1n) is 5.70. The summed E-state index contributed by atoms with van der Waals surface area (Å²) in [6.07, 6.45) is 1.86. The first-order valence-corrected chi connectivity index (χ1v) is 5.70. The van der Waals surface area contributed by atoms with Gasteiger partial charge in [0.1, 0.15) is 11.6 Å². The van der Waals surface area contributed by atoms with E-state index >= 15 is 0 Å². The van der Waals surface area contributed by atoms with E-state index < -0.39 is 17.0 Å². The van der Waals surface area contributed by atoms with E-state index in [4.69, 9.17) is 0 Å². The summed E-state index contributed by atoms with van der Waals surface area (Å²) in [5.41, 5.74) is 0.0804. The molecular formula is C13H14F2N2. The van der Waals surface area contributed by atoms with Gasteiger partial charge in [0.25, 0.3) is 0 Å². The maximum absolute atomic E-state index is 13.1. The van der Waals surface area contributed by atoms with E-state index in [1.54, 1.807) is 0 Å². The van der Waals surface area contributed by atoms with Crippen LogP contribution in [0.25, 0.3) is 0 Å². The summed E-state index contributed by atoms with van der Waals surface area (Å²) < 4.78 is 26.2. The number of nitriles is 1. The molecule has 2 rings (SSSR count). The molecule has 1 fully saturated rings. The molecule has 0 saturated carbocycles. The van der Waals surface area contributed by atoms with E-state index in [1.807, 2.05) is 0 Å². The van der Waals surface area contributed by atoms with Crippen LogP contribution in [-0.4, -0.2) is 13.1 Å². The molecule has 1 N–H and O–H groups in total. The number of piperidine rings is 1. The number of hydrogen-bond acceptors (Lipinski definition) is 2. The second kappa shape index (κ2) is 4.80. The second-order valence-electron chi connectivity index (χ2n) is 4.60. The Morgan fingerprint density at radius 1 is 1.18 bits per heavy atom. The summed E-state index contributed by atoms with van der Waals surface area (Å²) >= 11 is 0. The van der Waals surface area contributed by atoms with Crippen LogP contribution >= 0.6 is 0 Å². The van der Waals surface area contributed by atoms with Gasteiger partial charge in [-0.25, -0.2) is 8.78 Å². The van der Waals surface area contributed by atoms with Crippen molar-refractivity contribution in [3.63, 3.8) is 0 Å². The third-order valence-corrected chi connectivity index (χ3v) is 3.26. The van der Waals surface area contributed by atoms with Crippen LogP contribution in [0.2, 0.25) is 0 Å². The van der Waals surface area contributed by atoms with E-state index in [0.717, 1.165) is 32.0 Å². The molecule has 2 nitrogen and oxygen atoms in total. The molecule has 0 bridgehead atoms. The Morgan fingerprint density at radius 3 is 2.29 bits per heavy atom. The van der Waals surface area contributed by atoms with Crippen molar-refractivity contribution in [2.75, 3.05) is 13.1 Å². The molecule has 1 saturated heterocycles. The first kappa shape index (κ1) is 12.0. The quantitative estimate of drug-likeness (QED) is 0.855. The third kappa shape index (κ3) is 2.80. The molecule has 1 aromatic rings. The lowest BCUT2D eigenvalue weighted by Gasteiger charge is -2.31. The highest BCUT2D eigenvalue weighted by Crippen LogP contribution is 2.32. The van der Waals surface area contributed by atoms with Gasteiger partial charge in [-0.05, 0) is 50.0 Å². The molecule has 0 unspecified atom stereocenters. The minimum absolute atomic E-state index is 0.417. The van der Waals surface area contributed by atoms with Gasteiger partial charge in [-0.2, -0.15) is 5.26 Å². The van der Waals surface area contributed by atoms with Crippen LogP contribution in [0.15, 0.2) is 18.2 Å². The maximum Gasteiger partial charge on any atom is 0.126 e. The van der Waals surface area contributed by atoms with Crippen LogP contribution in [0.1, 0.15) is 18.4 Å². The summed E-state index contributed by atoms with van der Waals surface area (Å²) in [6.45, 7) is 1.57. The van der Waals surface area contributed by atoms with Crippen LogP contribution in [0.3, 0.4) is 0 Å². The number of nitrogens with zero attached hydrogens (tertiary/aromatic N) is 1. The lowest BCUT2D eigenvalue weighted by molar-refractivity contribution is 0.280. The van der Waals surface area contributed by atoms with Gasteiger partial charge in [-0.3, -0.25) is 0 Å². The summed E-state index contributed by atoms with van der Waals surface area (Å²) in [6, 6.07) is 5.79. The molecule has 0 aliphatic carbocycles. The Kier molecular flexibility index (Phi) is 3.39. The highest BCUT2D eigenvalue weighted by molar-refractivity contribution is 5.22. The number of nitrogens with one attached hydrogen (secondary N) is 1. The van der Waals surface area contributed by atoms with Crippen LogP contribution in [0.4, 0.5) is 8.78 Å². The van der Waals surface area contributed by atoms with Gasteiger partial charge in [0.2, 0.25) is 0 Å². The lowest BCUT2D eigenvalue weighted by Crippen LogP contribution is -2.37. The summed E-state index contributed by atoms with van der Waals surface area (Å²) in [7, 11) is 0. The van der Waals surface area contributed by atoms with Crippen LogP contribution in [0, 0.1) is 28.4 Å². The van der Waals surface area contributed by atoms with Crippen molar-refractivity contribution in [1.29, 1.82) is 5.26 Å². The normalized spacial score (nSPS) is 18.6. The molecule has 0 spiro atoms. The topological polar surface area (TPSA) is 35.8 Å². The fourth-order valence-corrected chi connectivity index (χ4v) is 2.34. The molecule has 17 heavy (non-hydrogen) atoms. The van der Waals surface area contributed by atoms with Crippen LogP contribution in [0.5, 0.6) is 0 Å². The number of halogens is 2. The summed E-state index contributed by atoms with van der Waals surface area (Å²) in [4.78, 5) is 0. The standard InChI is InChI=1S/C13H14F2N2/c14-11-5-10(6-12(15)7-11)8-13(9-16)1-3-17-4-2-13/h5-7,17H,1-4,8H2. The largest absolute Gasteiger partial charge is 0.317 e. The third-order valence-electron chi connectivity index (χ3n) is 3.26. The average molecular weight is 236 g/mol. The number of benzene rings is 1. The molecule has 4 heteroatoms. The van der Waals surface area contributed by atoms with Gasteiger partial charge in [0.05, 0.1) is 11.5 Å². The minimum Gasteiger partial charge on any atom is -0.317 e. The van der Waals surface area contributed by atoms with E-state index in [-0.39, 0.29) is 0 Å². The van der Waals surface area contributed by atoms with Crippen molar-refractivity contribution < 1.29 is 8.78 Å². The molecule has 1 heterocycles. The Balaban J connectivity index is 2.21. The second-order valence-corrected chi connectivity index (χ2v) is 4.60. The van der Waals surface area contributed by atoms with Crippen molar-refractivity contribution in [1.82, 2.24) is 5.32 Å². The zero-order chi connectivity index (χ0) is 12.3. The van der Waals surface area contributed by atoms with Crippen molar-refractivity contribution in [2.45, 2.75) is 19.3 Å². The van der Waals surface area contributed by atoms with Crippen molar-refractivity contribution in [3.8, 4) is 6.07 Å². The van der Waals surface area contributed by atoms with Crippen LogP contribution < -0.4 is 5.32 Å². The molecule has 0 radical (unpaired) electrons. The molecular weight excluding hydrogens is 222 g/mol. The highest BCUT2D eigenvalue weighted by Gasteiger charge is 2.32. The van der Waals surface area contributed by atoms with E-state index in [1.165, 1.54) is 12.1 Å². The minimum atomic E-state index is -0.581. The van der Waals surface area contributed by atoms with Crippen molar-refractivity contribution >= 4 is 0 Å². The lowest BCUT2D eigenvalue weighted by atomic mass is 9.75. The molecule has 0 atom stereocenters. The SMILES string of the molecule is N#CC1(Cc2cc(F)cc(F)c2)CCNCC1. The molecule has 0 amide bonds. The summed E-state index contributed by atoms with van der Waals surface area (Å²) in [5.74, 6) is -1.16. The van der Waals surface area contributed by atoms with E-state index in [9.17, 15) is 14.0 Å². The molecule has 1 aliphatic heterocycles. The van der Waals surface area contributed by atoms with E-state index in [2.05, 4.69) is 11.4 Å². The van der Waals surface area contributed by atoms with Crippen molar-refractivity contribution in [2.24, 2.45) is 5.41 Å². The number of hydrogen-bond donors (Lipinski definition) is 1. The fraction of sp³-hybridized carbons (Fsp3) is 0.462. The first-order chi connectivity index (χ1) is 8.13. The van der Waals surface area contributed by atoms with E-state index in [0.29, 0.717) is 12.0 Å². The molecule has 1 aliphatic rings. The molecule has 0 aromatic heterocycles. The van der Waals surface area contributed by atoms with Crippen molar-refractivity contribution in [3.05, 3.63) is 35.4 Å². The van der Waals surface area contributed by atoms with Gasteiger partial charge < -0.3 is 5.32 Å². The Morgan fingerprint density at radius 2 is 1.76 bits per heavy atom. The fourth-order valence-electron chi connectivity index (χ4n) is 2.34. The maximum atomic E-state index is 13.1. The molecule has 1 aromatic carbocycles. The zero-order valence-electron chi connectivity index (χ0n) is 9.47. The monoisotopic (exact) mass is 236 g/mol. The van der Waals surface area contributed by atoms with Gasteiger partial charge in [0.15, 0.2) is 0 Å². The van der Waals surface area contributed by atoms with Gasteiger partial charge in [-0.15, -0.1) is 0 Å². The van der Waals surface area contributed by atoms with Crippen LogP contribution in [-0.2, 0) is 6.42 Å². The van der Waals surface area contributed by atoms with Gasteiger partial charge in [-0.1, -0.05) is 0 Å². The predicted molar refractivity (Wildman–Crippen MR) is 60.2 cm³/mol. The Bertz CT molecular complexity index is 425. The van der Waals surface area contributed by atoms with Gasteiger partial charge >= 0.3 is 0 Å². The number of rotatable bonds is 2. The predicted octanol–water partition coefficient (Wildman–Crippen LogP) is 2.40. The van der Waals surface area contributed by atoms with Gasteiger partial charge in [0, 0.05) is 6.07 Å². The Labute approximate surface area is 99.3 Å². The molecule has 90 valence electrons. The average Bonchev–Trinajstić information content (AvgIpc) is 2.29. The smallest absolute Gasteiger partial charge is 0.126 e. The Hall–Kier alpha value is -1.47. The zero-order valence-corrected chi connectivity index (χ0v) is 9.47.